The van der Waals surface area contributed by atoms with Crippen molar-refractivity contribution in [2.45, 2.75) is 70.1 Å². The highest BCUT2D eigenvalue weighted by atomic mass is 19.3. The number of aryl methyl sites for hydroxylation is 1. The Morgan fingerprint density at radius 2 is 2.23 bits per heavy atom. The Balaban J connectivity index is 1.31. The third-order valence-corrected chi connectivity index (χ3v) is 6.47. The van der Waals surface area contributed by atoms with Crippen LogP contribution >= 0.6 is 0 Å². The maximum Gasteiger partial charge on any atom is 0.260 e. The van der Waals surface area contributed by atoms with Crippen molar-refractivity contribution < 1.29 is 23.0 Å². The molecule has 0 bridgehead atoms. The number of ether oxygens (including phenoxy) is 2. The zero-order valence-corrected chi connectivity index (χ0v) is 17.6. The number of hydrogen-bond donors (Lipinski definition) is 1. The maximum absolute atomic E-state index is 13.7. The van der Waals surface area contributed by atoms with Gasteiger partial charge in [-0.1, -0.05) is 0 Å². The summed E-state index contributed by atoms with van der Waals surface area (Å²) in [6, 6.07) is 0.790. The van der Waals surface area contributed by atoms with Gasteiger partial charge in [-0.2, -0.15) is 5.10 Å². The van der Waals surface area contributed by atoms with Crippen LogP contribution in [0.3, 0.4) is 0 Å². The number of aromatic nitrogens is 2. The highest BCUT2D eigenvalue weighted by molar-refractivity contribution is 5.77. The molecule has 1 N–H and O–H groups in total. The summed E-state index contributed by atoms with van der Waals surface area (Å²) in [5, 5.41) is 7.63. The molecule has 9 heteroatoms. The van der Waals surface area contributed by atoms with Crippen LogP contribution in [0.4, 0.5) is 14.6 Å². The van der Waals surface area contributed by atoms with Crippen LogP contribution in [0.5, 0.6) is 0 Å². The first-order chi connectivity index (χ1) is 14.5. The number of alkyl halides is 2. The molecule has 4 heterocycles. The highest BCUT2D eigenvalue weighted by Gasteiger charge is 2.38. The van der Waals surface area contributed by atoms with E-state index in [2.05, 4.69) is 10.4 Å². The standard InChI is InChI=1S/C21H32F2N4O3/c1-14-9-19-24-17(10-18(21(22)23)27(19)25-14)15-5-4-7-26(11-15)20(28)13-29-12-16-6-2-3-8-30-16/h9,15-18,21,24H,2-8,10-13H2,1H3/t15-,16-,17+,18-/m1/s1. The summed E-state index contributed by atoms with van der Waals surface area (Å²) in [5.74, 6) is 0.750. The second-order valence-corrected chi connectivity index (χ2v) is 8.75. The molecular weight excluding hydrogens is 394 g/mol. The monoisotopic (exact) mass is 426 g/mol. The van der Waals surface area contributed by atoms with Crippen LogP contribution in [0.15, 0.2) is 6.07 Å². The first kappa shape index (κ1) is 21.5. The van der Waals surface area contributed by atoms with Gasteiger partial charge in [0, 0.05) is 31.8 Å². The molecule has 4 rings (SSSR count). The number of anilines is 1. The molecule has 0 radical (unpaired) electrons. The molecule has 0 saturated carbocycles. The van der Waals surface area contributed by atoms with E-state index < -0.39 is 12.5 Å². The van der Waals surface area contributed by atoms with Crippen molar-refractivity contribution in [3.63, 3.8) is 0 Å². The zero-order chi connectivity index (χ0) is 21.1. The van der Waals surface area contributed by atoms with Crippen LogP contribution in [0.25, 0.3) is 0 Å². The van der Waals surface area contributed by atoms with Crippen molar-refractivity contribution in [1.29, 1.82) is 0 Å². The molecule has 1 aromatic heterocycles. The molecule has 0 spiro atoms. The molecule has 168 valence electrons. The van der Waals surface area contributed by atoms with E-state index in [0.717, 1.165) is 44.4 Å². The number of rotatable bonds is 6. The van der Waals surface area contributed by atoms with Crippen LogP contribution in [-0.4, -0.2) is 72.1 Å². The van der Waals surface area contributed by atoms with Gasteiger partial charge >= 0.3 is 0 Å². The van der Waals surface area contributed by atoms with Gasteiger partial charge in [0.2, 0.25) is 5.91 Å². The van der Waals surface area contributed by atoms with Crippen LogP contribution < -0.4 is 5.32 Å². The van der Waals surface area contributed by atoms with Crippen LogP contribution in [0.1, 0.15) is 50.3 Å². The summed E-state index contributed by atoms with van der Waals surface area (Å²) in [4.78, 5) is 14.5. The molecule has 0 unspecified atom stereocenters. The van der Waals surface area contributed by atoms with Gasteiger partial charge in [0.15, 0.2) is 0 Å². The van der Waals surface area contributed by atoms with Crippen LogP contribution in [-0.2, 0) is 14.3 Å². The number of carbonyl (C=O) groups excluding carboxylic acids is 1. The zero-order valence-electron chi connectivity index (χ0n) is 17.6. The molecular formula is C21H32F2N4O3. The van der Waals surface area contributed by atoms with Gasteiger partial charge in [-0.15, -0.1) is 0 Å². The largest absolute Gasteiger partial charge is 0.376 e. The van der Waals surface area contributed by atoms with E-state index in [1.165, 1.54) is 4.68 Å². The second-order valence-electron chi connectivity index (χ2n) is 8.75. The van der Waals surface area contributed by atoms with Gasteiger partial charge in [-0.3, -0.25) is 4.79 Å². The second kappa shape index (κ2) is 9.60. The van der Waals surface area contributed by atoms with E-state index in [-0.39, 0.29) is 30.6 Å². The number of amides is 1. The van der Waals surface area contributed by atoms with Crippen molar-refractivity contribution in [2.75, 3.05) is 38.2 Å². The normalized spacial score (nSPS) is 29.5. The SMILES string of the molecule is Cc1cc2n(n1)[C@@H](C(F)F)C[C@@H]([C@@H]1CCCN(C(=O)COC[C@H]3CCCCO3)C1)N2. The third-order valence-electron chi connectivity index (χ3n) is 6.47. The molecule has 3 aliphatic heterocycles. The van der Waals surface area contributed by atoms with E-state index in [1.807, 2.05) is 17.9 Å². The highest BCUT2D eigenvalue weighted by Crippen LogP contribution is 2.36. The number of likely N-dealkylation sites (tertiary alicyclic amines) is 1. The van der Waals surface area contributed by atoms with Gasteiger partial charge in [0.25, 0.3) is 6.43 Å². The summed E-state index contributed by atoms with van der Waals surface area (Å²) in [7, 11) is 0. The minimum Gasteiger partial charge on any atom is -0.376 e. The quantitative estimate of drug-likeness (QED) is 0.757. The van der Waals surface area contributed by atoms with Gasteiger partial charge in [0.05, 0.1) is 18.4 Å². The average molecular weight is 427 g/mol. The van der Waals surface area contributed by atoms with Crippen molar-refractivity contribution in [1.82, 2.24) is 14.7 Å². The smallest absolute Gasteiger partial charge is 0.260 e. The molecule has 2 saturated heterocycles. The minimum absolute atomic E-state index is 0.0300. The Morgan fingerprint density at radius 1 is 1.37 bits per heavy atom. The fourth-order valence-corrected chi connectivity index (χ4v) is 4.88. The lowest BCUT2D eigenvalue weighted by atomic mass is 9.86. The molecule has 1 aromatic rings. The third kappa shape index (κ3) is 4.94. The van der Waals surface area contributed by atoms with E-state index in [4.69, 9.17) is 9.47 Å². The van der Waals surface area contributed by atoms with Crippen molar-refractivity contribution in [2.24, 2.45) is 5.92 Å². The summed E-state index contributed by atoms with van der Waals surface area (Å²) in [5.41, 5.74) is 0.725. The number of fused-ring (bicyclic) bond motifs is 1. The summed E-state index contributed by atoms with van der Waals surface area (Å²) < 4.78 is 40.0. The van der Waals surface area contributed by atoms with Crippen LogP contribution in [0.2, 0.25) is 0 Å². The van der Waals surface area contributed by atoms with E-state index in [9.17, 15) is 13.6 Å². The van der Waals surface area contributed by atoms with Gasteiger partial charge in [-0.05, 0) is 51.4 Å². The number of halogens is 2. The molecule has 0 aliphatic carbocycles. The molecule has 2 fully saturated rings. The van der Waals surface area contributed by atoms with Gasteiger partial charge < -0.3 is 19.7 Å². The number of hydrogen-bond acceptors (Lipinski definition) is 5. The lowest BCUT2D eigenvalue weighted by Gasteiger charge is -2.41. The first-order valence-electron chi connectivity index (χ1n) is 11.1. The summed E-state index contributed by atoms with van der Waals surface area (Å²) in [6.45, 7) is 4.35. The fourth-order valence-electron chi connectivity index (χ4n) is 4.88. The molecule has 3 aliphatic rings. The number of piperidine rings is 1. The molecule has 30 heavy (non-hydrogen) atoms. The fraction of sp³-hybridized carbons (Fsp3) is 0.810. The Kier molecular flexibility index (Phi) is 6.87. The molecule has 0 aromatic carbocycles. The van der Waals surface area contributed by atoms with Crippen molar-refractivity contribution in [3.05, 3.63) is 11.8 Å². The van der Waals surface area contributed by atoms with Gasteiger partial charge in [-0.25, -0.2) is 13.5 Å². The maximum atomic E-state index is 13.7. The number of carbonyl (C=O) groups is 1. The van der Waals surface area contributed by atoms with Crippen molar-refractivity contribution >= 4 is 11.7 Å². The minimum atomic E-state index is -2.47. The Hall–Kier alpha value is -1.74. The van der Waals surface area contributed by atoms with E-state index in [1.54, 1.807) is 0 Å². The van der Waals surface area contributed by atoms with E-state index in [0.29, 0.717) is 31.9 Å². The molecule has 4 atom stereocenters. The lowest BCUT2D eigenvalue weighted by molar-refractivity contribution is -0.140. The molecule has 1 amide bonds. The predicted octanol–water partition coefficient (Wildman–Crippen LogP) is 3.01. The number of nitrogens with zero attached hydrogens (tertiary/aromatic N) is 3. The first-order valence-corrected chi connectivity index (χ1v) is 11.1. The van der Waals surface area contributed by atoms with Gasteiger partial charge in [0.1, 0.15) is 18.5 Å². The number of nitrogens with one attached hydrogen (secondary N) is 1. The Labute approximate surface area is 176 Å². The average Bonchev–Trinajstić information content (AvgIpc) is 3.13. The van der Waals surface area contributed by atoms with Crippen LogP contribution in [0, 0.1) is 12.8 Å². The Morgan fingerprint density at radius 3 is 3.00 bits per heavy atom. The predicted molar refractivity (Wildman–Crippen MR) is 108 cm³/mol. The van der Waals surface area contributed by atoms with Crippen molar-refractivity contribution in [3.8, 4) is 0 Å². The summed E-state index contributed by atoms with van der Waals surface area (Å²) in [6.07, 6.45) is 2.94. The topological polar surface area (TPSA) is 68.6 Å². The Bertz CT molecular complexity index is 723. The lowest BCUT2D eigenvalue weighted by Crippen LogP contribution is -2.49. The molecule has 7 nitrogen and oxygen atoms in total. The van der Waals surface area contributed by atoms with E-state index >= 15 is 0 Å². The summed E-state index contributed by atoms with van der Waals surface area (Å²) >= 11 is 0.